The summed E-state index contributed by atoms with van der Waals surface area (Å²) in [6, 6.07) is 15.4. The molecule has 0 saturated carbocycles. The molecule has 1 amide bonds. The van der Waals surface area contributed by atoms with Gasteiger partial charge in [-0.15, -0.1) is 0 Å². The number of aryl methyl sites for hydroxylation is 1. The Morgan fingerprint density at radius 3 is 2.53 bits per heavy atom. The van der Waals surface area contributed by atoms with Gasteiger partial charge < -0.3 is 14.7 Å². The molecule has 162 valence electrons. The van der Waals surface area contributed by atoms with Crippen molar-refractivity contribution in [3.05, 3.63) is 99.3 Å². The summed E-state index contributed by atoms with van der Waals surface area (Å²) < 4.78 is 6.11. The molecular formula is C25H21BrN2O4. The van der Waals surface area contributed by atoms with Gasteiger partial charge >= 0.3 is 0 Å². The van der Waals surface area contributed by atoms with Crippen molar-refractivity contribution < 1.29 is 19.4 Å². The van der Waals surface area contributed by atoms with Crippen molar-refractivity contribution in [2.45, 2.75) is 19.5 Å². The minimum Gasteiger partial charge on any atom is -0.507 e. The first-order valence-corrected chi connectivity index (χ1v) is 10.8. The molecule has 4 rings (SSSR count). The summed E-state index contributed by atoms with van der Waals surface area (Å²) in [5.41, 5.74) is 2.79. The van der Waals surface area contributed by atoms with Gasteiger partial charge in [0, 0.05) is 29.0 Å². The Balaban J connectivity index is 1.87. The van der Waals surface area contributed by atoms with E-state index in [4.69, 9.17) is 4.74 Å². The molecule has 32 heavy (non-hydrogen) atoms. The van der Waals surface area contributed by atoms with E-state index in [1.165, 1.54) is 4.90 Å². The van der Waals surface area contributed by atoms with Crippen LogP contribution in [0.15, 0.2) is 77.0 Å². The predicted molar refractivity (Wildman–Crippen MR) is 124 cm³/mol. The van der Waals surface area contributed by atoms with Crippen LogP contribution in [-0.2, 0) is 16.1 Å². The normalized spacial score (nSPS) is 17.6. The second-order valence-electron chi connectivity index (χ2n) is 7.52. The zero-order chi connectivity index (χ0) is 22.8. The smallest absolute Gasteiger partial charge is 0.295 e. The first-order chi connectivity index (χ1) is 15.4. The zero-order valence-electron chi connectivity index (χ0n) is 17.6. The summed E-state index contributed by atoms with van der Waals surface area (Å²) in [7, 11) is 1.56. The van der Waals surface area contributed by atoms with Crippen molar-refractivity contribution >= 4 is 33.4 Å². The van der Waals surface area contributed by atoms with Gasteiger partial charge in [-0.2, -0.15) is 0 Å². The molecule has 1 aliphatic rings. The van der Waals surface area contributed by atoms with E-state index in [0.717, 1.165) is 21.2 Å². The van der Waals surface area contributed by atoms with Crippen LogP contribution in [0.1, 0.15) is 28.3 Å². The molecule has 1 aromatic heterocycles. The van der Waals surface area contributed by atoms with Crippen molar-refractivity contribution in [1.29, 1.82) is 0 Å². The number of aromatic nitrogens is 1. The molecule has 0 radical (unpaired) electrons. The molecule has 0 bridgehead atoms. The highest BCUT2D eigenvalue weighted by molar-refractivity contribution is 9.10. The van der Waals surface area contributed by atoms with Crippen LogP contribution in [0.2, 0.25) is 0 Å². The summed E-state index contributed by atoms with van der Waals surface area (Å²) in [4.78, 5) is 31.8. The number of carbonyl (C=O) groups excluding carboxylic acids is 2. The minimum atomic E-state index is -0.732. The van der Waals surface area contributed by atoms with Crippen LogP contribution in [-0.4, -0.2) is 33.8 Å². The van der Waals surface area contributed by atoms with Gasteiger partial charge in [0.05, 0.1) is 18.7 Å². The van der Waals surface area contributed by atoms with Crippen LogP contribution in [0.5, 0.6) is 5.75 Å². The van der Waals surface area contributed by atoms with Crippen LogP contribution in [0.3, 0.4) is 0 Å². The highest BCUT2D eigenvalue weighted by Crippen LogP contribution is 2.41. The molecule has 0 spiro atoms. The van der Waals surface area contributed by atoms with E-state index in [9.17, 15) is 14.7 Å². The number of nitrogens with zero attached hydrogens (tertiary/aromatic N) is 2. The van der Waals surface area contributed by atoms with E-state index >= 15 is 0 Å². The Kier molecular flexibility index (Phi) is 6.10. The number of rotatable bonds is 5. The molecule has 1 atom stereocenters. The van der Waals surface area contributed by atoms with E-state index < -0.39 is 17.7 Å². The highest BCUT2D eigenvalue weighted by atomic mass is 79.9. The van der Waals surface area contributed by atoms with Crippen LogP contribution in [0.25, 0.3) is 5.76 Å². The molecule has 2 heterocycles. The first kappa shape index (κ1) is 21.8. The monoisotopic (exact) mass is 492 g/mol. The largest absolute Gasteiger partial charge is 0.507 e. The molecule has 1 N–H and O–H groups in total. The highest BCUT2D eigenvalue weighted by Gasteiger charge is 2.46. The molecule has 2 aromatic carbocycles. The molecule has 1 fully saturated rings. The average Bonchev–Trinajstić information content (AvgIpc) is 3.04. The number of amides is 1. The Hall–Kier alpha value is -3.45. The Morgan fingerprint density at radius 1 is 1.16 bits per heavy atom. The van der Waals surface area contributed by atoms with Crippen molar-refractivity contribution in [1.82, 2.24) is 9.88 Å². The van der Waals surface area contributed by atoms with Crippen molar-refractivity contribution in [3.63, 3.8) is 0 Å². The quantitative estimate of drug-likeness (QED) is 0.314. The van der Waals surface area contributed by atoms with E-state index in [0.29, 0.717) is 11.3 Å². The van der Waals surface area contributed by atoms with Gasteiger partial charge in [0.15, 0.2) is 0 Å². The lowest BCUT2D eigenvalue weighted by Gasteiger charge is -2.25. The Bertz CT molecular complexity index is 1210. The number of ether oxygens (including phenoxy) is 1. The fourth-order valence-corrected chi connectivity index (χ4v) is 4.16. The topological polar surface area (TPSA) is 79.7 Å². The standard InChI is InChI=1S/C25H21BrN2O4/c1-15-12-19(32-2)9-10-20(15)23(29)21-22(17-5-7-18(26)8-6-17)28(25(31)24(21)30)14-16-4-3-11-27-13-16/h3-13,22,29H,14H2,1-2H3. The number of ketones is 1. The summed E-state index contributed by atoms with van der Waals surface area (Å²) in [5.74, 6) is -0.935. The molecule has 0 aliphatic carbocycles. The summed E-state index contributed by atoms with van der Waals surface area (Å²) in [6.45, 7) is 2.01. The van der Waals surface area contributed by atoms with Crippen LogP contribution < -0.4 is 4.74 Å². The van der Waals surface area contributed by atoms with E-state index in [-0.39, 0.29) is 17.9 Å². The third kappa shape index (κ3) is 4.03. The number of methoxy groups -OCH3 is 1. The number of Topliss-reactive ketones (excluding diaryl/α,β-unsaturated/α-hetero) is 1. The maximum absolute atomic E-state index is 13.1. The third-order valence-electron chi connectivity index (χ3n) is 5.49. The predicted octanol–water partition coefficient (Wildman–Crippen LogP) is 4.78. The van der Waals surface area contributed by atoms with Crippen molar-refractivity contribution in [2.75, 3.05) is 7.11 Å². The molecule has 7 heteroatoms. The lowest BCUT2D eigenvalue weighted by atomic mass is 9.94. The Morgan fingerprint density at radius 2 is 1.91 bits per heavy atom. The molecule has 1 aliphatic heterocycles. The molecule has 3 aromatic rings. The van der Waals surface area contributed by atoms with Gasteiger partial charge in [-0.25, -0.2) is 0 Å². The summed E-state index contributed by atoms with van der Waals surface area (Å²) in [5, 5.41) is 11.2. The fourth-order valence-electron chi connectivity index (χ4n) is 3.90. The van der Waals surface area contributed by atoms with Crippen molar-refractivity contribution in [3.8, 4) is 5.75 Å². The number of pyridine rings is 1. The third-order valence-corrected chi connectivity index (χ3v) is 6.02. The summed E-state index contributed by atoms with van der Waals surface area (Å²) in [6.07, 6.45) is 3.31. The lowest BCUT2D eigenvalue weighted by molar-refractivity contribution is -0.140. The van der Waals surface area contributed by atoms with Gasteiger partial charge in [0.2, 0.25) is 0 Å². The second kappa shape index (κ2) is 8.96. The number of aliphatic hydroxyl groups excluding tert-OH is 1. The number of likely N-dealkylation sites (tertiary alicyclic amines) is 1. The number of benzene rings is 2. The van der Waals surface area contributed by atoms with Crippen molar-refractivity contribution in [2.24, 2.45) is 0 Å². The molecule has 1 unspecified atom stereocenters. The Labute approximate surface area is 194 Å². The number of hydrogen-bond acceptors (Lipinski definition) is 5. The van der Waals surface area contributed by atoms with Crippen LogP contribution in [0, 0.1) is 6.92 Å². The zero-order valence-corrected chi connectivity index (χ0v) is 19.2. The number of aliphatic hydroxyl groups is 1. The first-order valence-electron chi connectivity index (χ1n) is 9.98. The van der Waals surface area contributed by atoms with Crippen LogP contribution in [0.4, 0.5) is 0 Å². The number of carbonyl (C=O) groups is 2. The van der Waals surface area contributed by atoms with Gasteiger partial charge in [0.25, 0.3) is 11.7 Å². The summed E-state index contributed by atoms with van der Waals surface area (Å²) >= 11 is 3.42. The van der Waals surface area contributed by atoms with Gasteiger partial charge in [-0.1, -0.05) is 34.1 Å². The van der Waals surface area contributed by atoms with Gasteiger partial charge in [-0.3, -0.25) is 14.6 Å². The number of hydrogen-bond donors (Lipinski definition) is 1. The van der Waals surface area contributed by atoms with E-state index in [1.807, 2.05) is 37.3 Å². The number of halogens is 1. The minimum absolute atomic E-state index is 0.0643. The van der Waals surface area contributed by atoms with Gasteiger partial charge in [-0.05, 0) is 60.0 Å². The van der Waals surface area contributed by atoms with Crippen LogP contribution >= 0.6 is 15.9 Å². The molecule has 6 nitrogen and oxygen atoms in total. The molecule has 1 saturated heterocycles. The average molecular weight is 493 g/mol. The van der Waals surface area contributed by atoms with E-state index in [1.54, 1.807) is 43.8 Å². The fraction of sp³-hybridized carbons (Fsp3) is 0.160. The SMILES string of the molecule is COc1ccc(C(O)=C2C(=O)C(=O)N(Cc3cccnc3)C2c2ccc(Br)cc2)c(C)c1. The second-order valence-corrected chi connectivity index (χ2v) is 8.44. The molecular weight excluding hydrogens is 472 g/mol. The maximum Gasteiger partial charge on any atom is 0.295 e. The maximum atomic E-state index is 13.1. The lowest BCUT2D eigenvalue weighted by Crippen LogP contribution is -2.29. The van der Waals surface area contributed by atoms with Gasteiger partial charge in [0.1, 0.15) is 11.5 Å². The van der Waals surface area contributed by atoms with E-state index in [2.05, 4.69) is 20.9 Å².